The maximum absolute atomic E-state index is 4.04. The van der Waals surface area contributed by atoms with E-state index in [1.807, 2.05) is 38.1 Å². The molecule has 0 spiro atoms. The predicted octanol–water partition coefficient (Wildman–Crippen LogP) is 1.21. The van der Waals surface area contributed by atoms with Crippen molar-refractivity contribution >= 4 is 6.21 Å². The van der Waals surface area contributed by atoms with Crippen LogP contribution in [0.4, 0.5) is 0 Å². The average Bonchev–Trinajstić information content (AvgIpc) is 2.01. The van der Waals surface area contributed by atoms with Crippen molar-refractivity contribution in [2.75, 3.05) is 20.8 Å². The third-order valence-electron chi connectivity index (χ3n) is 1.11. The number of hydrogen-bond donors (Lipinski definition) is 1. The van der Waals surface area contributed by atoms with E-state index in [4.69, 9.17) is 0 Å². The fraction of sp³-hybridized carbons (Fsp3) is 0.444. The van der Waals surface area contributed by atoms with E-state index >= 15 is 0 Å². The Morgan fingerprint density at radius 3 is 2.75 bits per heavy atom. The van der Waals surface area contributed by atoms with Crippen molar-refractivity contribution in [2.24, 2.45) is 4.99 Å². The number of nitrogens with zero attached hydrogens (tertiary/aromatic N) is 2. The lowest BCUT2D eigenvalue weighted by molar-refractivity contribution is 0.386. The van der Waals surface area contributed by atoms with Gasteiger partial charge in [-0.15, -0.1) is 0 Å². The van der Waals surface area contributed by atoms with Gasteiger partial charge in [0.05, 0.1) is 6.67 Å². The monoisotopic (exact) mass is 167 g/mol. The molecule has 0 aromatic carbocycles. The molecule has 0 saturated carbocycles. The molecule has 0 rings (SSSR count). The number of rotatable bonds is 5. The van der Waals surface area contributed by atoms with Crippen molar-refractivity contribution in [1.29, 1.82) is 0 Å². The summed E-state index contributed by atoms with van der Waals surface area (Å²) in [5, 5.41) is 3.04. The number of allylic oxidation sites excluding steroid dienone is 2. The minimum atomic E-state index is 0.682. The molecule has 0 unspecified atom stereocenters. The first-order chi connectivity index (χ1) is 5.66. The number of hydrogen-bond acceptors (Lipinski definition) is 3. The van der Waals surface area contributed by atoms with Gasteiger partial charge >= 0.3 is 0 Å². The van der Waals surface area contributed by atoms with Crippen LogP contribution >= 0.6 is 0 Å². The Hall–Kier alpha value is -1.09. The molecule has 12 heavy (non-hydrogen) atoms. The van der Waals surface area contributed by atoms with Gasteiger partial charge in [0, 0.05) is 6.21 Å². The highest BCUT2D eigenvalue weighted by Crippen LogP contribution is 1.84. The molecule has 3 nitrogen and oxygen atoms in total. The van der Waals surface area contributed by atoms with Crippen molar-refractivity contribution < 1.29 is 0 Å². The minimum absolute atomic E-state index is 0.682. The highest BCUT2D eigenvalue weighted by atomic mass is 15.2. The van der Waals surface area contributed by atoms with Crippen LogP contribution in [0.1, 0.15) is 6.92 Å². The summed E-state index contributed by atoms with van der Waals surface area (Å²) in [6.45, 7) is 6.43. The Balaban J connectivity index is 3.59. The molecule has 0 aromatic rings. The second-order valence-electron chi connectivity index (χ2n) is 2.67. The molecule has 1 N–H and O–H groups in total. The maximum Gasteiger partial charge on any atom is 0.119 e. The van der Waals surface area contributed by atoms with Gasteiger partial charge in [0.2, 0.25) is 0 Å². The van der Waals surface area contributed by atoms with E-state index in [1.165, 1.54) is 0 Å². The lowest BCUT2D eigenvalue weighted by atomic mass is 10.5. The lowest BCUT2D eigenvalue weighted by Crippen LogP contribution is -2.26. The van der Waals surface area contributed by atoms with E-state index in [0.717, 1.165) is 6.67 Å². The molecule has 0 aliphatic rings. The van der Waals surface area contributed by atoms with Crippen molar-refractivity contribution in [3.05, 3.63) is 24.6 Å². The van der Waals surface area contributed by atoms with Crippen LogP contribution in [0, 0.1) is 0 Å². The highest BCUT2D eigenvalue weighted by molar-refractivity contribution is 5.71. The third-order valence-corrected chi connectivity index (χ3v) is 1.11. The van der Waals surface area contributed by atoms with E-state index in [2.05, 4.69) is 16.9 Å². The molecule has 68 valence electrons. The summed E-state index contributed by atoms with van der Waals surface area (Å²) in [6, 6.07) is 0. The van der Waals surface area contributed by atoms with E-state index in [9.17, 15) is 0 Å². The zero-order valence-corrected chi connectivity index (χ0v) is 8.04. The summed E-state index contributed by atoms with van der Waals surface area (Å²) in [5.41, 5.74) is 0. The zero-order valence-electron chi connectivity index (χ0n) is 8.04. The second kappa shape index (κ2) is 6.61. The molecule has 0 radical (unpaired) electrons. The van der Waals surface area contributed by atoms with Crippen LogP contribution < -0.4 is 5.32 Å². The zero-order chi connectivity index (χ0) is 9.40. The Labute approximate surface area is 74.5 Å². The van der Waals surface area contributed by atoms with Crippen molar-refractivity contribution in [1.82, 2.24) is 10.2 Å². The van der Waals surface area contributed by atoms with Crippen LogP contribution in [-0.4, -0.2) is 31.9 Å². The van der Waals surface area contributed by atoms with Crippen molar-refractivity contribution in [3.8, 4) is 0 Å². The number of aliphatic imine (C=N–C) groups is 1. The summed E-state index contributed by atoms with van der Waals surface area (Å²) < 4.78 is 0. The van der Waals surface area contributed by atoms with Crippen LogP contribution in [0.3, 0.4) is 0 Å². The molecule has 0 aliphatic carbocycles. The summed E-state index contributed by atoms with van der Waals surface area (Å²) in [7, 11) is 3.96. The SMILES string of the molecule is C=C(N=C/C=C\C)NCN(C)C. The van der Waals surface area contributed by atoms with Gasteiger partial charge in [-0.2, -0.15) is 0 Å². The largest absolute Gasteiger partial charge is 0.358 e. The van der Waals surface area contributed by atoms with Gasteiger partial charge in [0.25, 0.3) is 0 Å². The quantitative estimate of drug-likeness (QED) is 0.492. The molecule has 0 saturated heterocycles. The molecule has 0 heterocycles. The molecule has 0 bridgehead atoms. The topological polar surface area (TPSA) is 27.6 Å². The summed E-state index contributed by atoms with van der Waals surface area (Å²) in [6.07, 6.45) is 5.50. The van der Waals surface area contributed by atoms with Crippen LogP contribution in [0.25, 0.3) is 0 Å². The fourth-order valence-corrected chi connectivity index (χ4v) is 0.514. The van der Waals surface area contributed by atoms with E-state index in [1.54, 1.807) is 6.21 Å². The molecule has 0 atom stereocenters. The molecule has 0 aliphatic heterocycles. The second-order valence-corrected chi connectivity index (χ2v) is 2.67. The molecule has 0 amide bonds. The van der Waals surface area contributed by atoms with Crippen LogP contribution in [0.15, 0.2) is 29.5 Å². The first kappa shape index (κ1) is 10.9. The summed E-state index contributed by atoms with van der Waals surface area (Å²) in [5.74, 6) is 0.682. The highest BCUT2D eigenvalue weighted by Gasteiger charge is 1.88. The lowest BCUT2D eigenvalue weighted by Gasteiger charge is -2.10. The maximum atomic E-state index is 4.04. The van der Waals surface area contributed by atoms with Gasteiger partial charge < -0.3 is 5.32 Å². The fourth-order valence-electron chi connectivity index (χ4n) is 0.514. The van der Waals surface area contributed by atoms with E-state index in [0.29, 0.717) is 5.82 Å². The summed E-state index contributed by atoms with van der Waals surface area (Å²) in [4.78, 5) is 6.05. The van der Waals surface area contributed by atoms with Crippen molar-refractivity contribution in [2.45, 2.75) is 6.92 Å². The summed E-state index contributed by atoms with van der Waals surface area (Å²) >= 11 is 0. The number of nitrogens with one attached hydrogen (secondary N) is 1. The predicted molar refractivity (Wildman–Crippen MR) is 54.1 cm³/mol. The van der Waals surface area contributed by atoms with Gasteiger partial charge in [-0.05, 0) is 27.1 Å². The smallest absolute Gasteiger partial charge is 0.119 e. The van der Waals surface area contributed by atoms with Crippen LogP contribution in [0.2, 0.25) is 0 Å². The molecular formula is C9H17N3. The Kier molecular flexibility index (Phi) is 6.01. The Morgan fingerprint density at radius 2 is 2.25 bits per heavy atom. The Bertz CT molecular complexity index is 180. The first-order valence-electron chi connectivity index (χ1n) is 3.89. The molecular weight excluding hydrogens is 150 g/mol. The Morgan fingerprint density at radius 1 is 1.58 bits per heavy atom. The van der Waals surface area contributed by atoms with Gasteiger partial charge in [-0.3, -0.25) is 4.90 Å². The van der Waals surface area contributed by atoms with E-state index in [-0.39, 0.29) is 0 Å². The van der Waals surface area contributed by atoms with Gasteiger partial charge in [0.15, 0.2) is 0 Å². The van der Waals surface area contributed by atoms with Gasteiger partial charge in [0.1, 0.15) is 5.82 Å². The van der Waals surface area contributed by atoms with Crippen LogP contribution in [0.5, 0.6) is 0 Å². The first-order valence-corrected chi connectivity index (χ1v) is 3.89. The van der Waals surface area contributed by atoms with E-state index < -0.39 is 0 Å². The minimum Gasteiger partial charge on any atom is -0.358 e. The normalized spacial score (nSPS) is 11.7. The standard InChI is InChI=1S/C9H17N3/c1-5-6-7-10-9(2)11-8-12(3)4/h5-7,11H,2,8H2,1,3-4H3/b6-5-,10-7?. The molecule has 0 aromatic heterocycles. The van der Waals surface area contributed by atoms with Crippen LogP contribution in [-0.2, 0) is 0 Å². The van der Waals surface area contributed by atoms with Gasteiger partial charge in [-0.25, -0.2) is 4.99 Å². The van der Waals surface area contributed by atoms with Gasteiger partial charge in [-0.1, -0.05) is 12.7 Å². The van der Waals surface area contributed by atoms with Crippen molar-refractivity contribution in [3.63, 3.8) is 0 Å². The average molecular weight is 167 g/mol. The molecule has 0 fully saturated rings. The third kappa shape index (κ3) is 7.02. The molecule has 3 heteroatoms.